The monoisotopic (exact) mass is 466 g/mol. The second-order valence-electron chi connectivity index (χ2n) is 6.58. The van der Waals surface area contributed by atoms with Gasteiger partial charge in [-0.3, -0.25) is 14.3 Å². The van der Waals surface area contributed by atoms with Crippen molar-refractivity contribution in [2.45, 2.75) is 12.8 Å². The topological polar surface area (TPSA) is 124 Å². The van der Waals surface area contributed by atoms with Crippen molar-refractivity contribution in [2.75, 3.05) is 25.0 Å². The van der Waals surface area contributed by atoms with E-state index in [0.717, 1.165) is 0 Å². The number of benzene rings is 2. The zero-order valence-corrected chi connectivity index (χ0v) is 17.8. The molecule has 0 aliphatic rings. The molecule has 1 aromatic heterocycles. The van der Waals surface area contributed by atoms with Gasteiger partial charge in [-0.2, -0.15) is 0 Å². The van der Waals surface area contributed by atoms with Crippen molar-refractivity contribution in [2.24, 2.45) is 0 Å². The predicted molar refractivity (Wildman–Crippen MR) is 117 cm³/mol. The molecule has 3 rings (SSSR count). The standard InChI is InChI=1S/C20H20ClFN4O4S/c21-14-5-3-12(2-1-7-25-31(29)30)19(22)18(14)20(28)13-4-6-15-16(10-13)26-17(11-24-15)23-8-9-27/h3-6,10-11,25,27H,1-2,7-9H2,(H,23,26)(H,29,30). The molecule has 0 amide bonds. The zero-order chi connectivity index (χ0) is 22.4. The highest BCUT2D eigenvalue weighted by atomic mass is 35.5. The Bertz CT molecular complexity index is 1130. The largest absolute Gasteiger partial charge is 0.395 e. The molecule has 0 aliphatic carbocycles. The average molecular weight is 467 g/mol. The number of hydrogen-bond donors (Lipinski definition) is 4. The first-order valence-electron chi connectivity index (χ1n) is 9.38. The summed E-state index contributed by atoms with van der Waals surface area (Å²) >= 11 is 4.01. The van der Waals surface area contributed by atoms with Crippen molar-refractivity contribution in [1.29, 1.82) is 0 Å². The summed E-state index contributed by atoms with van der Waals surface area (Å²) in [4.78, 5) is 21.7. The highest BCUT2D eigenvalue weighted by Gasteiger charge is 2.21. The smallest absolute Gasteiger partial charge is 0.231 e. The minimum atomic E-state index is -2.13. The summed E-state index contributed by atoms with van der Waals surface area (Å²) in [5, 5.41) is 11.8. The average Bonchev–Trinajstić information content (AvgIpc) is 2.75. The van der Waals surface area contributed by atoms with Gasteiger partial charge in [0.2, 0.25) is 11.3 Å². The Morgan fingerprint density at radius 1 is 1.19 bits per heavy atom. The fourth-order valence-corrected chi connectivity index (χ4v) is 3.55. The van der Waals surface area contributed by atoms with Crippen molar-refractivity contribution in [3.8, 4) is 0 Å². The van der Waals surface area contributed by atoms with E-state index in [9.17, 15) is 9.00 Å². The van der Waals surface area contributed by atoms with Crippen LogP contribution in [0.2, 0.25) is 5.02 Å². The molecule has 1 heterocycles. The second-order valence-corrected chi connectivity index (χ2v) is 7.77. The molecule has 8 nitrogen and oxygen atoms in total. The molecular formula is C20H20ClFN4O4S. The van der Waals surface area contributed by atoms with Gasteiger partial charge in [-0.25, -0.2) is 18.3 Å². The molecule has 1 atom stereocenters. The maximum absolute atomic E-state index is 15.1. The van der Waals surface area contributed by atoms with Crippen LogP contribution in [-0.2, 0) is 17.7 Å². The SMILES string of the molecule is O=C(c1ccc2ncc(NCCO)nc2c1)c1c(Cl)ccc(CCCNS(=O)O)c1F. The number of ketones is 1. The van der Waals surface area contributed by atoms with Gasteiger partial charge in [-0.1, -0.05) is 17.7 Å². The molecule has 1 unspecified atom stereocenters. The lowest BCUT2D eigenvalue weighted by molar-refractivity contribution is 0.103. The molecule has 0 saturated heterocycles. The van der Waals surface area contributed by atoms with Crippen LogP contribution in [0.3, 0.4) is 0 Å². The predicted octanol–water partition coefficient (Wildman–Crippen LogP) is 2.72. The Kier molecular flexibility index (Phi) is 7.99. The van der Waals surface area contributed by atoms with E-state index in [2.05, 4.69) is 20.0 Å². The Balaban J connectivity index is 1.88. The van der Waals surface area contributed by atoms with Gasteiger partial charge in [0.1, 0.15) is 11.6 Å². The number of carbonyl (C=O) groups excluding carboxylic acids is 1. The van der Waals surface area contributed by atoms with Crippen molar-refractivity contribution >= 4 is 45.5 Å². The van der Waals surface area contributed by atoms with E-state index >= 15 is 4.39 Å². The van der Waals surface area contributed by atoms with E-state index in [1.807, 2.05) is 0 Å². The van der Waals surface area contributed by atoms with Crippen LogP contribution in [0.4, 0.5) is 10.2 Å². The van der Waals surface area contributed by atoms with Gasteiger partial charge < -0.3 is 10.4 Å². The number of fused-ring (bicyclic) bond motifs is 1. The number of nitrogens with zero attached hydrogens (tertiary/aromatic N) is 2. The minimum absolute atomic E-state index is 0.00891. The van der Waals surface area contributed by atoms with Gasteiger partial charge in [0.15, 0.2) is 5.78 Å². The van der Waals surface area contributed by atoms with Crippen molar-refractivity contribution in [1.82, 2.24) is 14.7 Å². The Morgan fingerprint density at radius 2 is 2.00 bits per heavy atom. The molecule has 0 saturated carbocycles. The van der Waals surface area contributed by atoms with Crippen molar-refractivity contribution in [3.05, 3.63) is 64.1 Å². The molecule has 164 valence electrons. The number of aliphatic hydroxyl groups excluding tert-OH is 1. The molecule has 2 aromatic carbocycles. The highest BCUT2D eigenvalue weighted by molar-refractivity contribution is 7.77. The summed E-state index contributed by atoms with van der Waals surface area (Å²) in [5.41, 5.74) is 1.25. The Morgan fingerprint density at radius 3 is 2.74 bits per heavy atom. The summed E-state index contributed by atoms with van der Waals surface area (Å²) in [6, 6.07) is 7.61. The van der Waals surface area contributed by atoms with Crippen LogP contribution in [0.25, 0.3) is 11.0 Å². The quantitative estimate of drug-likeness (QED) is 0.206. The molecule has 4 N–H and O–H groups in total. The van der Waals surface area contributed by atoms with Gasteiger partial charge >= 0.3 is 0 Å². The molecule has 31 heavy (non-hydrogen) atoms. The van der Waals surface area contributed by atoms with Gasteiger partial charge in [0.05, 0.1) is 34.4 Å². The summed E-state index contributed by atoms with van der Waals surface area (Å²) in [5.74, 6) is -0.863. The van der Waals surface area contributed by atoms with Crippen molar-refractivity contribution in [3.63, 3.8) is 0 Å². The van der Waals surface area contributed by atoms with Crippen LogP contribution in [-0.4, -0.2) is 49.3 Å². The van der Waals surface area contributed by atoms with E-state index in [0.29, 0.717) is 29.8 Å². The molecule has 0 bridgehead atoms. The van der Waals surface area contributed by atoms with Crippen LogP contribution in [0.1, 0.15) is 27.9 Å². The third-order valence-corrected chi connectivity index (χ3v) is 5.23. The molecule has 11 heteroatoms. The van der Waals surface area contributed by atoms with Gasteiger partial charge in [0, 0.05) is 18.7 Å². The van der Waals surface area contributed by atoms with Crippen LogP contribution >= 0.6 is 11.6 Å². The van der Waals surface area contributed by atoms with E-state index in [-0.39, 0.29) is 41.3 Å². The van der Waals surface area contributed by atoms with Crippen LogP contribution in [0.5, 0.6) is 0 Å². The second kappa shape index (κ2) is 10.7. The number of aromatic nitrogens is 2. The first-order chi connectivity index (χ1) is 14.9. The number of carbonyl (C=O) groups is 1. The Labute approximate surface area is 185 Å². The van der Waals surface area contributed by atoms with Gasteiger partial charge in [-0.15, -0.1) is 0 Å². The fourth-order valence-electron chi connectivity index (χ4n) is 3.00. The maximum Gasteiger partial charge on any atom is 0.231 e. The third-order valence-electron chi connectivity index (χ3n) is 4.47. The summed E-state index contributed by atoms with van der Waals surface area (Å²) in [6.45, 7) is 0.445. The van der Waals surface area contributed by atoms with Gasteiger partial charge in [0.25, 0.3) is 0 Å². The minimum Gasteiger partial charge on any atom is -0.395 e. The number of halogens is 2. The number of aryl methyl sites for hydroxylation is 1. The number of anilines is 1. The zero-order valence-electron chi connectivity index (χ0n) is 16.3. The molecule has 0 aliphatic heterocycles. The molecule has 3 aromatic rings. The maximum atomic E-state index is 15.1. The first kappa shape index (κ1) is 23.2. The lowest BCUT2D eigenvalue weighted by Gasteiger charge is -2.11. The van der Waals surface area contributed by atoms with Crippen LogP contribution in [0.15, 0.2) is 36.5 Å². The van der Waals surface area contributed by atoms with Gasteiger partial charge in [-0.05, 0) is 42.7 Å². The van der Waals surface area contributed by atoms with Crippen molar-refractivity contribution < 1.29 is 23.1 Å². The van der Waals surface area contributed by atoms with E-state index < -0.39 is 22.9 Å². The normalized spacial score (nSPS) is 12.1. The van der Waals surface area contributed by atoms with E-state index in [1.54, 1.807) is 6.07 Å². The summed E-state index contributed by atoms with van der Waals surface area (Å²) < 4.78 is 36.7. The highest BCUT2D eigenvalue weighted by Crippen LogP contribution is 2.27. The van der Waals surface area contributed by atoms with Crippen LogP contribution in [0, 0.1) is 5.82 Å². The number of hydrogen-bond acceptors (Lipinski definition) is 6. The fraction of sp³-hybridized carbons (Fsp3) is 0.250. The summed E-state index contributed by atoms with van der Waals surface area (Å²) in [6.07, 6.45) is 2.17. The number of aliphatic hydroxyl groups is 1. The summed E-state index contributed by atoms with van der Waals surface area (Å²) in [7, 11) is 0. The molecule has 0 fully saturated rings. The molecular weight excluding hydrogens is 447 g/mol. The lowest BCUT2D eigenvalue weighted by atomic mass is 9.98. The third kappa shape index (κ3) is 5.81. The van der Waals surface area contributed by atoms with E-state index in [1.165, 1.54) is 30.5 Å². The lowest BCUT2D eigenvalue weighted by Crippen LogP contribution is -2.18. The number of nitrogens with one attached hydrogen (secondary N) is 2. The number of rotatable bonds is 10. The Hall–Kier alpha value is -2.50. The molecule has 0 radical (unpaired) electrons. The molecule has 0 spiro atoms. The van der Waals surface area contributed by atoms with Crippen LogP contribution < -0.4 is 10.0 Å². The van der Waals surface area contributed by atoms with E-state index in [4.69, 9.17) is 21.3 Å². The first-order valence-corrected chi connectivity index (χ1v) is 10.9.